The predicted molar refractivity (Wildman–Crippen MR) is 164 cm³/mol. The van der Waals surface area contributed by atoms with Crippen LogP contribution in [0.3, 0.4) is 0 Å². The van der Waals surface area contributed by atoms with Crippen LogP contribution < -0.4 is 29.9 Å². The molecule has 3 heterocycles. The van der Waals surface area contributed by atoms with E-state index in [9.17, 15) is 26.4 Å². The molecule has 0 radical (unpaired) electrons. The average Bonchev–Trinajstić information content (AvgIpc) is 3.31. The minimum Gasteiger partial charge on any atom is -0.481 e. The van der Waals surface area contributed by atoms with E-state index in [1.54, 1.807) is 10.6 Å². The van der Waals surface area contributed by atoms with Crippen LogP contribution in [0.25, 0.3) is 5.69 Å². The summed E-state index contributed by atoms with van der Waals surface area (Å²) in [4.78, 5) is 31.7. The number of halogens is 2. The number of aromatic nitrogens is 5. The molecular weight excluding hydrogens is 679 g/mol. The molecule has 0 saturated carbocycles. The fourth-order valence-corrected chi connectivity index (χ4v) is 6.09. The van der Waals surface area contributed by atoms with E-state index in [0.717, 1.165) is 32.1 Å². The molecule has 0 saturated heterocycles. The number of terminal acetylenes is 1. The number of anilines is 1. The zero-order valence-electron chi connectivity index (χ0n) is 24.3. The second-order valence-electron chi connectivity index (χ2n) is 8.93. The first kappa shape index (κ1) is 35.4. The summed E-state index contributed by atoms with van der Waals surface area (Å²) in [7, 11) is -5.27. The second-order valence-corrected chi connectivity index (χ2v) is 13.7. The Kier molecular flexibility index (Phi) is 11.6. The molecule has 0 unspecified atom stereocenters. The maximum absolute atomic E-state index is 12.5. The van der Waals surface area contributed by atoms with Gasteiger partial charge in [0.25, 0.3) is 0 Å². The zero-order valence-corrected chi connectivity index (χ0v) is 27.4. The lowest BCUT2D eigenvalue weighted by atomic mass is 10.2. The summed E-state index contributed by atoms with van der Waals surface area (Å²) < 4.78 is 65.4. The third-order valence-electron chi connectivity index (χ3n) is 5.86. The summed E-state index contributed by atoms with van der Waals surface area (Å²) >= 11 is 12.3. The number of carbonyl (C=O) groups is 1. The van der Waals surface area contributed by atoms with Gasteiger partial charge in [-0.3, -0.25) is 9.88 Å². The topological polar surface area (TPSA) is 206 Å². The number of fused-ring (bicyclic) bond motifs is 1. The lowest BCUT2D eigenvalue weighted by Gasteiger charge is -2.15. The Morgan fingerprint density at radius 2 is 1.73 bits per heavy atom. The number of rotatable bonds is 9. The van der Waals surface area contributed by atoms with Gasteiger partial charge >= 0.3 is 21.9 Å². The molecule has 244 valence electrons. The Bertz CT molecular complexity index is 1870. The van der Waals surface area contributed by atoms with Crippen LogP contribution in [0.15, 0.2) is 23.0 Å². The van der Waals surface area contributed by atoms with E-state index in [-0.39, 0.29) is 33.7 Å². The van der Waals surface area contributed by atoms with Gasteiger partial charge in [-0.15, -0.1) is 11.5 Å². The highest BCUT2D eigenvalue weighted by Gasteiger charge is 2.28. The van der Waals surface area contributed by atoms with Gasteiger partial charge in [0.05, 0.1) is 42.3 Å². The van der Waals surface area contributed by atoms with Crippen LogP contribution in [-0.2, 0) is 33.2 Å². The first-order chi connectivity index (χ1) is 21.1. The number of aryl methyl sites for hydroxylation is 1. The quantitative estimate of drug-likeness (QED) is 0.303. The van der Waals surface area contributed by atoms with E-state index in [4.69, 9.17) is 43.8 Å². The third-order valence-corrected chi connectivity index (χ3v) is 9.92. The number of nitrogens with zero attached hydrogens (tertiary/aromatic N) is 6. The van der Waals surface area contributed by atoms with Crippen molar-refractivity contribution in [3.8, 4) is 35.5 Å². The predicted octanol–water partition coefficient (Wildman–Crippen LogP) is 1.44. The summed E-state index contributed by atoms with van der Waals surface area (Å²) in [5, 5.41) is 7.06. The fourth-order valence-electron chi connectivity index (χ4n) is 3.62. The van der Waals surface area contributed by atoms with Crippen molar-refractivity contribution in [1.29, 1.82) is 0 Å². The van der Waals surface area contributed by atoms with Crippen LogP contribution in [0.2, 0.25) is 10.0 Å². The van der Waals surface area contributed by atoms with E-state index in [2.05, 4.69) is 21.0 Å². The van der Waals surface area contributed by atoms with Crippen molar-refractivity contribution in [2.45, 2.75) is 25.8 Å². The van der Waals surface area contributed by atoms with Crippen molar-refractivity contribution in [3.63, 3.8) is 0 Å². The maximum Gasteiger partial charge on any atom is 0.350 e. The Morgan fingerprint density at radius 3 is 2.29 bits per heavy atom. The Balaban J connectivity index is 0.000000245. The summed E-state index contributed by atoms with van der Waals surface area (Å²) in [5.74, 6) is 3.32. The maximum atomic E-state index is 12.5. The summed E-state index contributed by atoms with van der Waals surface area (Å²) in [6.45, 7) is 0.759. The van der Waals surface area contributed by atoms with Crippen molar-refractivity contribution >= 4 is 55.4 Å². The molecule has 0 bridgehead atoms. The number of ether oxygens (including phenoxy) is 3. The lowest BCUT2D eigenvalue weighted by Crippen LogP contribution is -2.45. The first-order valence-corrected chi connectivity index (χ1v) is 16.6. The monoisotopic (exact) mass is 706 g/mol. The molecule has 4 rings (SSSR count). The van der Waals surface area contributed by atoms with E-state index >= 15 is 0 Å². The number of benzene rings is 1. The molecule has 0 fully saturated rings. The van der Waals surface area contributed by atoms with Crippen LogP contribution in [-0.4, -0.2) is 85.0 Å². The molecule has 2 aromatic heterocycles. The lowest BCUT2D eigenvalue weighted by molar-refractivity contribution is 0.256. The van der Waals surface area contributed by atoms with Gasteiger partial charge in [0.2, 0.25) is 27.7 Å². The molecule has 21 heteroatoms. The molecule has 2 amide bonds. The Morgan fingerprint density at radius 1 is 1.09 bits per heavy atom. The summed E-state index contributed by atoms with van der Waals surface area (Å²) in [6, 6.07) is 3.17. The van der Waals surface area contributed by atoms with Crippen LogP contribution >= 0.6 is 23.2 Å². The van der Waals surface area contributed by atoms with Gasteiger partial charge in [-0.25, -0.2) is 22.7 Å². The van der Waals surface area contributed by atoms with E-state index < -0.39 is 26.3 Å². The molecule has 3 aromatic rings. The molecular formula is C24H28Cl2N8O9S2. The van der Waals surface area contributed by atoms with Gasteiger partial charge in [-0.05, 0) is 18.9 Å². The number of hydrogen-bond donors (Lipinski definition) is 2. The van der Waals surface area contributed by atoms with Crippen molar-refractivity contribution in [1.82, 2.24) is 32.7 Å². The minimum absolute atomic E-state index is 0.00654. The van der Waals surface area contributed by atoms with E-state index in [1.807, 2.05) is 5.32 Å². The van der Waals surface area contributed by atoms with Crippen molar-refractivity contribution < 1.29 is 35.8 Å². The zero-order chi connectivity index (χ0) is 33.5. The number of amides is 2. The second kappa shape index (κ2) is 14.8. The number of nitrogens with one attached hydrogen (secondary N) is 2. The van der Waals surface area contributed by atoms with Crippen molar-refractivity contribution in [2.24, 2.45) is 0 Å². The van der Waals surface area contributed by atoms with Crippen LogP contribution in [0.5, 0.6) is 17.5 Å². The first-order valence-electron chi connectivity index (χ1n) is 12.6. The molecule has 0 aliphatic carbocycles. The number of methoxy groups -OCH3 is 2. The van der Waals surface area contributed by atoms with Gasteiger partial charge in [0.1, 0.15) is 18.2 Å². The van der Waals surface area contributed by atoms with E-state index in [0.29, 0.717) is 34.3 Å². The summed E-state index contributed by atoms with van der Waals surface area (Å²) in [6.07, 6.45) is 8.64. The van der Waals surface area contributed by atoms with Crippen LogP contribution in [0.4, 0.5) is 10.7 Å². The average molecular weight is 708 g/mol. The molecule has 45 heavy (non-hydrogen) atoms. The van der Waals surface area contributed by atoms with Crippen LogP contribution in [0.1, 0.15) is 18.7 Å². The molecule has 0 atom stereocenters. The fraction of sp³-hybridized carbons (Fsp3) is 0.375. The van der Waals surface area contributed by atoms with Crippen molar-refractivity contribution in [2.75, 3.05) is 39.4 Å². The standard InChI is InChI=1S/C15H13Cl2N3O2.C9H15N5O7S2/c1-2-7-22-13-9-12(10(16)8-11(13)17)20-15(21)19-6-4-3-5-14(19)18-20;1-14(22(4,16)17)23(18,19)13-9(15)12-8-10-6(20-2)5-7(11-8)21-3/h1,8-9H,3-7H2;5H,1-4H3,(H2,10,11,12,13,15). The SMILES string of the molecule is C#CCOc1cc(-n2nc3n(c2=O)CCCC3)c(Cl)cc1Cl.COc1cc(OC)nc(NC(=O)NS(=O)(=O)N(C)S(C)(=O)=O)n1. The smallest absolute Gasteiger partial charge is 0.350 e. The number of carbonyl (C=O) groups excluding carboxylic acids is 1. The molecule has 0 spiro atoms. The minimum atomic E-state index is -4.60. The number of urea groups is 1. The van der Waals surface area contributed by atoms with Gasteiger partial charge in [0, 0.05) is 26.1 Å². The Labute approximate surface area is 268 Å². The molecule has 1 aliphatic heterocycles. The molecule has 1 aliphatic rings. The largest absolute Gasteiger partial charge is 0.481 e. The highest BCUT2D eigenvalue weighted by Crippen LogP contribution is 2.32. The van der Waals surface area contributed by atoms with Gasteiger partial charge in [-0.2, -0.15) is 23.1 Å². The molecule has 2 N–H and O–H groups in total. The molecule has 1 aromatic carbocycles. The molecule has 17 nitrogen and oxygen atoms in total. The van der Waals surface area contributed by atoms with E-state index in [1.165, 1.54) is 35.8 Å². The van der Waals surface area contributed by atoms with Gasteiger partial charge in [-0.1, -0.05) is 32.8 Å². The van der Waals surface area contributed by atoms with Crippen molar-refractivity contribution in [3.05, 3.63) is 44.6 Å². The van der Waals surface area contributed by atoms with Gasteiger partial charge < -0.3 is 14.2 Å². The Hall–Kier alpha value is -4.09. The van der Waals surface area contributed by atoms with Crippen LogP contribution in [0, 0.1) is 12.3 Å². The van der Waals surface area contributed by atoms with Gasteiger partial charge in [0.15, 0.2) is 0 Å². The highest BCUT2D eigenvalue weighted by molar-refractivity contribution is 8.03. The summed E-state index contributed by atoms with van der Waals surface area (Å²) in [5.41, 5.74) is 0.229. The number of hydrogen-bond acceptors (Lipinski definition) is 12. The normalized spacial score (nSPS) is 12.7. The third kappa shape index (κ3) is 8.98. The highest BCUT2D eigenvalue weighted by atomic mass is 35.5. The number of sulfonamides is 1.